The molecule has 4 heteroatoms. The lowest BCUT2D eigenvalue weighted by molar-refractivity contribution is 0.945. The van der Waals surface area contributed by atoms with Gasteiger partial charge in [-0.25, -0.2) is 4.98 Å². The zero-order chi connectivity index (χ0) is 19.7. The van der Waals surface area contributed by atoms with E-state index in [9.17, 15) is 0 Å². The van der Waals surface area contributed by atoms with E-state index < -0.39 is 0 Å². The van der Waals surface area contributed by atoms with Crippen LogP contribution in [0.5, 0.6) is 0 Å². The lowest BCUT2D eigenvalue weighted by Crippen LogP contribution is -2.06. The van der Waals surface area contributed by atoms with Crippen LogP contribution in [0, 0.1) is 0 Å². The molecule has 6 aromatic rings. The van der Waals surface area contributed by atoms with Gasteiger partial charge >= 0.3 is 0 Å². The Morgan fingerprint density at radius 3 is 2.53 bits per heavy atom. The summed E-state index contributed by atoms with van der Waals surface area (Å²) in [6, 6.07) is 30.8. The molecule has 3 heterocycles. The van der Waals surface area contributed by atoms with Gasteiger partial charge in [-0.15, -0.1) is 23.1 Å². The molecule has 30 heavy (non-hydrogen) atoms. The van der Waals surface area contributed by atoms with E-state index in [4.69, 9.17) is 4.98 Å². The molecule has 0 atom stereocenters. The predicted molar refractivity (Wildman–Crippen MR) is 129 cm³/mol. The summed E-state index contributed by atoms with van der Waals surface area (Å²) in [5, 5.41) is 2.70. The fourth-order valence-electron chi connectivity index (χ4n) is 4.48. The minimum Gasteiger partial charge on any atom is -0.294 e. The van der Waals surface area contributed by atoms with Crippen molar-refractivity contribution in [3.8, 4) is 16.8 Å². The van der Waals surface area contributed by atoms with Crippen LogP contribution in [-0.4, -0.2) is 9.55 Å². The van der Waals surface area contributed by atoms with Crippen molar-refractivity contribution < 1.29 is 0 Å². The number of nitrogens with zero attached hydrogens (tertiary/aromatic N) is 2. The van der Waals surface area contributed by atoms with E-state index in [1.165, 1.54) is 47.4 Å². The molecule has 0 radical (unpaired) electrons. The third-order valence-corrected chi connectivity index (χ3v) is 8.09. The lowest BCUT2D eigenvalue weighted by Gasteiger charge is -2.19. The van der Waals surface area contributed by atoms with Crippen LogP contribution in [0.2, 0.25) is 0 Å². The Balaban J connectivity index is 1.40. The number of hydrogen-bond donors (Lipinski definition) is 0. The van der Waals surface area contributed by atoms with Crippen molar-refractivity contribution >= 4 is 54.3 Å². The first-order chi connectivity index (χ1) is 14.8. The second-order valence-corrected chi connectivity index (χ2v) is 9.73. The van der Waals surface area contributed by atoms with Crippen LogP contribution in [-0.2, 0) is 5.75 Å². The van der Waals surface area contributed by atoms with Crippen molar-refractivity contribution in [3.05, 3.63) is 90.8 Å². The molecular formula is C26H16N2S2. The molecule has 0 unspecified atom stereocenters. The minimum atomic E-state index is 0.902. The van der Waals surface area contributed by atoms with Gasteiger partial charge in [0.1, 0.15) is 5.82 Å². The molecule has 0 saturated heterocycles. The number of aromatic nitrogens is 2. The zero-order valence-electron chi connectivity index (χ0n) is 16.0. The number of hydrogen-bond acceptors (Lipinski definition) is 3. The molecule has 4 aromatic carbocycles. The van der Waals surface area contributed by atoms with Crippen LogP contribution >= 0.6 is 23.1 Å². The number of fused-ring (bicyclic) bond motifs is 8. The smallest absolute Gasteiger partial charge is 0.124 e. The molecule has 0 saturated carbocycles. The van der Waals surface area contributed by atoms with Crippen LogP contribution in [0.1, 0.15) is 5.82 Å². The molecule has 0 bridgehead atoms. The van der Waals surface area contributed by atoms with E-state index in [-0.39, 0.29) is 0 Å². The summed E-state index contributed by atoms with van der Waals surface area (Å²) < 4.78 is 5.02. The Kier molecular flexibility index (Phi) is 3.45. The fraction of sp³-hybridized carbons (Fsp3) is 0.0385. The summed E-state index contributed by atoms with van der Waals surface area (Å²) in [5.41, 5.74) is 6.04. The van der Waals surface area contributed by atoms with Crippen LogP contribution < -0.4 is 0 Å². The molecule has 0 aliphatic carbocycles. The van der Waals surface area contributed by atoms with Crippen molar-refractivity contribution in [2.75, 3.05) is 0 Å². The van der Waals surface area contributed by atoms with Crippen LogP contribution in [0.4, 0.5) is 0 Å². The number of thiophene rings is 1. The maximum atomic E-state index is 4.83. The molecule has 1 aliphatic rings. The normalized spacial score (nSPS) is 13.1. The van der Waals surface area contributed by atoms with Gasteiger partial charge in [0.15, 0.2) is 0 Å². The van der Waals surface area contributed by atoms with Gasteiger partial charge < -0.3 is 0 Å². The Morgan fingerprint density at radius 2 is 1.53 bits per heavy atom. The first kappa shape index (κ1) is 16.7. The van der Waals surface area contributed by atoms with Gasteiger partial charge in [-0.2, -0.15) is 0 Å². The third kappa shape index (κ3) is 2.35. The summed E-state index contributed by atoms with van der Waals surface area (Å²) >= 11 is 3.75. The highest BCUT2D eigenvalue weighted by molar-refractivity contribution is 7.98. The molecule has 0 spiro atoms. The van der Waals surface area contributed by atoms with E-state index in [0.29, 0.717) is 0 Å². The Morgan fingerprint density at radius 1 is 0.733 bits per heavy atom. The number of benzene rings is 4. The largest absolute Gasteiger partial charge is 0.294 e. The highest BCUT2D eigenvalue weighted by atomic mass is 32.2. The number of imidazole rings is 1. The summed E-state index contributed by atoms with van der Waals surface area (Å²) in [6.07, 6.45) is 0. The lowest BCUT2D eigenvalue weighted by atomic mass is 10.0. The van der Waals surface area contributed by atoms with E-state index >= 15 is 0 Å². The Labute approximate surface area is 181 Å². The third-order valence-electron chi connectivity index (χ3n) is 5.90. The molecule has 2 aromatic heterocycles. The average molecular weight is 421 g/mol. The number of para-hydroxylation sites is 2. The van der Waals surface area contributed by atoms with E-state index in [2.05, 4.69) is 89.5 Å². The van der Waals surface area contributed by atoms with Crippen molar-refractivity contribution in [1.82, 2.24) is 9.55 Å². The van der Waals surface area contributed by atoms with Crippen molar-refractivity contribution in [3.63, 3.8) is 0 Å². The zero-order valence-corrected chi connectivity index (χ0v) is 17.6. The summed E-state index contributed by atoms with van der Waals surface area (Å²) in [7, 11) is 0. The van der Waals surface area contributed by atoms with Crippen molar-refractivity contribution in [1.29, 1.82) is 0 Å². The van der Waals surface area contributed by atoms with Gasteiger partial charge in [0, 0.05) is 25.1 Å². The maximum absolute atomic E-state index is 4.83. The van der Waals surface area contributed by atoms with Gasteiger partial charge in [0.05, 0.1) is 22.5 Å². The standard InChI is InChI=1S/C26H16N2S2/c1-4-8-23-18(5-1)19-13-16(10-12-24(19)30-23)17-9-11-22-25(14-17)29-15-26-27-20-6-2-3-7-21(20)28(22)26/h1-14H,15H2. The molecular weight excluding hydrogens is 404 g/mol. The highest BCUT2D eigenvalue weighted by Gasteiger charge is 2.21. The quantitative estimate of drug-likeness (QED) is 0.272. The second-order valence-electron chi connectivity index (χ2n) is 7.63. The molecule has 1 aliphatic heterocycles. The minimum absolute atomic E-state index is 0.902. The second kappa shape index (κ2) is 6.21. The van der Waals surface area contributed by atoms with E-state index in [0.717, 1.165) is 17.1 Å². The molecule has 0 N–H and O–H groups in total. The van der Waals surface area contributed by atoms with E-state index in [1.807, 2.05) is 23.1 Å². The van der Waals surface area contributed by atoms with Gasteiger partial charge in [0.2, 0.25) is 0 Å². The summed E-state index contributed by atoms with van der Waals surface area (Å²) in [5.74, 6) is 2.03. The average Bonchev–Trinajstić information content (AvgIpc) is 3.36. The predicted octanol–water partition coefficient (Wildman–Crippen LogP) is 7.67. The SMILES string of the molecule is c1ccc2c(c1)nc1n2-c2ccc(-c3ccc4sc5ccccc5c4c3)cc2SC1. The van der Waals surface area contributed by atoms with Crippen LogP contribution in [0.15, 0.2) is 89.8 Å². The Bertz CT molecular complexity index is 1610. The maximum Gasteiger partial charge on any atom is 0.124 e. The molecule has 7 rings (SSSR count). The number of rotatable bonds is 1. The highest BCUT2D eigenvalue weighted by Crippen LogP contribution is 2.41. The fourth-order valence-corrected chi connectivity index (χ4v) is 6.57. The number of thioether (sulfide) groups is 1. The molecule has 142 valence electrons. The summed E-state index contributed by atoms with van der Waals surface area (Å²) in [6.45, 7) is 0. The first-order valence-electron chi connectivity index (χ1n) is 10.0. The van der Waals surface area contributed by atoms with Gasteiger partial charge in [-0.3, -0.25) is 4.57 Å². The monoisotopic (exact) mass is 420 g/mol. The topological polar surface area (TPSA) is 17.8 Å². The first-order valence-corrected chi connectivity index (χ1v) is 11.8. The summed E-state index contributed by atoms with van der Waals surface area (Å²) in [4.78, 5) is 6.15. The molecule has 2 nitrogen and oxygen atoms in total. The van der Waals surface area contributed by atoms with Gasteiger partial charge in [-0.05, 0) is 53.6 Å². The van der Waals surface area contributed by atoms with Crippen LogP contribution in [0.3, 0.4) is 0 Å². The van der Waals surface area contributed by atoms with E-state index in [1.54, 1.807) is 0 Å². The van der Waals surface area contributed by atoms with Gasteiger partial charge in [-0.1, -0.05) is 42.5 Å². The van der Waals surface area contributed by atoms with Crippen molar-refractivity contribution in [2.45, 2.75) is 10.6 Å². The molecule has 0 fully saturated rings. The Hall–Kier alpha value is -3.08. The molecule has 0 amide bonds. The van der Waals surface area contributed by atoms with Crippen LogP contribution in [0.25, 0.3) is 48.0 Å². The van der Waals surface area contributed by atoms with Gasteiger partial charge in [0.25, 0.3) is 0 Å². The van der Waals surface area contributed by atoms with Crippen molar-refractivity contribution in [2.24, 2.45) is 0 Å².